The topological polar surface area (TPSA) is 64.6 Å². The summed E-state index contributed by atoms with van der Waals surface area (Å²) in [6.07, 6.45) is 3.05. The van der Waals surface area contributed by atoms with Crippen molar-refractivity contribution in [1.82, 2.24) is 4.90 Å². The van der Waals surface area contributed by atoms with E-state index in [9.17, 15) is 9.90 Å². The third kappa shape index (κ3) is 6.34. The van der Waals surface area contributed by atoms with Crippen LogP contribution in [0.5, 0.6) is 5.75 Å². The highest BCUT2D eigenvalue weighted by Crippen LogP contribution is 2.30. The van der Waals surface area contributed by atoms with E-state index in [1.54, 1.807) is 7.11 Å². The minimum absolute atomic E-state index is 0.326. The van der Waals surface area contributed by atoms with Crippen LogP contribution in [0.1, 0.15) is 31.2 Å². The Bertz CT molecular complexity index is 867. The van der Waals surface area contributed by atoms with Gasteiger partial charge >= 0.3 is 0 Å². The first-order valence-corrected chi connectivity index (χ1v) is 10.9. The predicted molar refractivity (Wildman–Crippen MR) is 122 cm³/mol. The Hall–Kier alpha value is -2.31. The standard InChI is InChI=1S/C23H27ClN2O3S/c1-29-21-4-2-3-20(13-21)25-23(30)26(15-17-7-11-19(24)12-8-17)14-16-5-9-18(10-6-16)22(27)28/h2-4,7-8,11-13,16,18H,5-6,9-10,14-15H2,1H3,(H,25,30)(H,27,28)/p-1. The summed E-state index contributed by atoms with van der Waals surface area (Å²) in [5.74, 6) is -0.111. The Kier molecular flexibility index (Phi) is 7.94. The van der Waals surface area contributed by atoms with Gasteiger partial charge in [0.15, 0.2) is 5.11 Å². The second kappa shape index (κ2) is 10.6. The molecule has 3 rings (SSSR count). The van der Waals surface area contributed by atoms with Gasteiger partial charge in [-0.05, 0) is 79.6 Å². The van der Waals surface area contributed by atoms with E-state index in [2.05, 4.69) is 10.2 Å². The molecular formula is C23H26ClN2O3S-. The van der Waals surface area contributed by atoms with Gasteiger partial charge in [-0.25, -0.2) is 0 Å². The summed E-state index contributed by atoms with van der Waals surface area (Å²) in [6, 6.07) is 15.4. The first-order valence-electron chi connectivity index (χ1n) is 10.1. The molecule has 1 saturated carbocycles. The van der Waals surface area contributed by atoms with Gasteiger partial charge in [0.2, 0.25) is 0 Å². The minimum Gasteiger partial charge on any atom is -0.550 e. The van der Waals surface area contributed by atoms with E-state index >= 15 is 0 Å². The van der Waals surface area contributed by atoms with Crippen molar-refractivity contribution in [3.05, 3.63) is 59.1 Å². The van der Waals surface area contributed by atoms with E-state index in [-0.39, 0.29) is 5.92 Å². The van der Waals surface area contributed by atoms with Crippen LogP contribution in [0.25, 0.3) is 0 Å². The molecule has 0 atom stereocenters. The van der Waals surface area contributed by atoms with Crippen molar-refractivity contribution >= 4 is 40.6 Å². The molecule has 0 heterocycles. The number of aliphatic carboxylic acids is 1. The predicted octanol–water partition coefficient (Wildman–Crippen LogP) is 4.10. The first kappa shape index (κ1) is 22.4. The van der Waals surface area contributed by atoms with E-state index in [1.165, 1.54) is 0 Å². The SMILES string of the molecule is COc1cccc(NC(=S)N(Cc2ccc(Cl)cc2)CC2CCC(C(=O)[O-])CC2)c1. The number of thiocarbonyl (C=S) groups is 1. The fourth-order valence-electron chi connectivity index (χ4n) is 3.83. The monoisotopic (exact) mass is 445 g/mol. The largest absolute Gasteiger partial charge is 0.550 e. The molecule has 0 saturated heterocycles. The zero-order valence-corrected chi connectivity index (χ0v) is 18.5. The van der Waals surface area contributed by atoms with Gasteiger partial charge in [0.25, 0.3) is 0 Å². The van der Waals surface area contributed by atoms with Crippen LogP contribution in [-0.2, 0) is 11.3 Å². The maximum absolute atomic E-state index is 11.1. The maximum Gasteiger partial charge on any atom is 0.173 e. The Morgan fingerprint density at radius 1 is 1.20 bits per heavy atom. The van der Waals surface area contributed by atoms with Crippen LogP contribution in [0.2, 0.25) is 5.02 Å². The number of carboxylic acid groups (broad SMARTS) is 1. The molecule has 0 amide bonds. The summed E-state index contributed by atoms with van der Waals surface area (Å²) in [7, 11) is 1.63. The van der Waals surface area contributed by atoms with Gasteiger partial charge in [-0.2, -0.15) is 0 Å². The zero-order valence-electron chi connectivity index (χ0n) is 17.0. The highest BCUT2D eigenvalue weighted by atomic mass is 35.5. The zero-order chi connectivity index (χ0) is 21.5. The smallest absolute Gasteiger partial charge is 0.173 e. The first-order chi connectivity index (χ1) is 14.4. The third-order valence-electron chi connectivity index (χ3n) is 5.55. The number of nitrogens with one attached hydrogen (secondary N) is 1. The second-order valence-corrected chi connectivity index (χ2v) is 8.53. The van der Waals surface area contributed by atoms with Crippen molar-refractivity contribution in [2.45, 2.75) is 32.2 Å². The number of anilines is 1. The summed E-state index contributed by atoms with van der Waals surface area (Å²) in [4.78, 5) is 13.3. The van der Waals surface area contributed by atoms with E-state index < -0.39 is 5.97 Å². The number of methoxy groups -OCH3 is 1. The number of hydrogen-bond acceptors (Lipinski definition) is 4. The van der Waals surface area contributed by atoms with E-state index in [0.717, 1.165) is 36.4 Å². The lowest BCUT2D eigenvalue weighted by molar-refractivity contribution is -0.312. The fraction of sp³-hybridized carbons (Fsp3) is 0.391. The van der Waals surface area contributed by atoms with Crippen molar-refractivity contribution in [3.8, 4) is 5.75 Å². The second-order valence-electron chi connectivity index (χ2n) is 7.71. The number of carbonyl (C=O) groups is 1. The number of benzene rings is 2. The van der Waals surface area contributed by atoms with Gasteiger partial charge in [0.05, 0.1) is 7.11 Å². The molecule has 0 spiro atoms. The lowest BCUT2D eigenvalue weighted by atomic mass is 9.82. The third-order valence-corrected chi connectivity index (χ3v) is 6.17. The lowest BCUT2D eigenvalue weighted by Gasteiger charge is -2.34. The minimum atomic E-state index is -0.929. The molecule has 0 aromatic heterocycles. The number of hydrogen-bond donors (Lipinski definition) is 1. The molecule has 2 aromatic carbocycles. The lowest BCUT2D eigenvalue weighted by Crippen LogP contribution is -2.40. The number of carbonyl (C=O) groups excluding carboxylic acids is 1. The Morgan fingerprint density at radius 3 is 2.53 bits per heavy atom. The summed E-state index contributed by atoms with van der Waals surface area (Å²) >= 11 is 11.8. The highest BCUT2D eigenvalue weighted by Gasteiger charge is 2.24. The quantitative estimate of drug-likeness (QED) is 0.647. The van der Waals surface area contributed by atoms with Crippen LogP contribution in [0.15, 0.2) is 48.5 Å². The average Bonchev–Trinajstić information content (AvgIpc) is 2.75. The van der Waals surface area contributed by atoms with Gasteiger partial charge < -0.3 is 24.9 Å². The molecule has 1 aliphatic rings. The molecule has 0 bridgehead atoms. The van der Waals surface area contributed by atoms with E-state index in [4.69, 9.17) is 28.6 Å². The van der Waals surface area contributed by atoms with Gasteiger partial charge in [0, 0.05) is 35.8 Å². The fourth-order valence-corrected chi connectivity index (χ4v) is 4.21. The number of carboxylic acids is 1. The Balaban J connectivity index is 1.70. The van der Waals surface area contributed by atoms with Crippen molar-refractivity contribution in [1.29, 1.82) is 0 Å². The Morgan fingerprint density at radius 2 is 1.90 bits per heavy atom. The highest BCUT2D eigenvalue weighted by molar-refractivity contribution is 7.80. The van der Waals surface area contributed by atoms with Crippen molar-refractivity contribution in [2.75, 3.05) is 19.0 Å². The van der Waals surface area contributed by atoms with Crippen LogP contribution in [0.3, 0.4) is 0 Å². The van der Waals surface area contributed by atoms with Crippen LogP contribution < -0.4 is 15.2 Å². The van der Waals surface area contributed by atoms with Crippen LogP contribution in [-0.4, -0.2) is 29.6 Å². The molecule has 1 fully saturated rings. The van der Waals surface area contributed by atoms with E-state index in [1.807, 2.05) is 48.5 Å². The van der Waals surface area contributed by atoms with Crippen LogP contribution >= 0.6 is 23.8 Å². The number of halogens is 1. The number of ether oxygens (including phenoxy) is 1. The normalized spacial score (nSPS) is 18.5. The Labute approximate surface area is 188 Å². The maximum atomic E-state index is 11.1. The number of rotatable bonds is 7. The van der Waals surface area contributed by atoms with Gasteiger partial charge in [-0.15, -0.1) is 0 Å². The summed E-state index contributed by atoms with van der Waals surface area (Å²) < 4.78 is 5.29. The summed E-state index contributed by atoms with van der Waals surface area (Å²) in [5, 5.41) is 15.8. The molecule has 160 valence electrons. The molecule has 0 unspecified atom stereocenters. The molecule has 0 radical (unpaired) electrons. The molecule has 5 nitrogen and oxygen atoms in total. The van der Waals surface area contributed by atoms with Crippen LogP contribution in [0, 0.1) is 11.8 Å². The van der Waals surface area contributed by atoms with Crippen molar-refractivity contribution < 1.29 is 14.6 Å². The average molecular weight is 446 g/mol. The number of nitrogens with zero attached hydrogens (tertiary/aromatic N) is 1. The molecule has 0 aliphatic heterocycles. The molecule has 1 aliphatic carbocycles. The molecular weight excluding hydrogens is 420 g/mol. The van der Waals surface area contributed by atoms with E-state index in [0.29, 0.717) is 35.4 Å². The summed E-state index contributed by atoms with van der Waals surface area (Å²) in [5.41, 5.74) is 1.97. The van der Waals surface area contributed by atoms with Gasteiger partial charge in [0.1, 0.15) is 5.75 Å². The molecule has 30 heavy (non-hydrogen) atoms. The molecule has 2 aromatic rings. The van der Waals surface area contributed by atoms with Gasteiger partial charge in [-0.3, -0.25) is 0 Å². The summed E-state index contributed by atoms with van der Waals surface area (Å²) in [6.45, 7) is 1.41. The van der Waals surface area contributed by atoms with Crippen molar-refractivity contribution in [3.63, 3.8) is 0 Å². The molecule has 7 heteroatoms. The van der Waals surface area contributed by atoms with Crippen LogP contribution in [0.4, 0.5) is 5.69 Å². The molecule has 1 N–H and O–H groups in total. The van der Waals surface area contributed by atoms with Crippen molar-refractivity contribution in [2.24, 2.45) is 11.8 Å². The van der Waals surface area contributed by atoms with Gasteiger partial charge in [-0.1, -0.05) is 29.8 Å².